The van der Waals surface area contributed by atoms with Gasteiger partial charge in [-0.25, -0.2) is 4.79 Å². The first-order valence-corrected chi connectivity index (χ1v) is 12.0. The summed E-state index contributed by atoms with van der Waals surface area (Å²) in [4.78, 5) is 36.5. The molecule has 35 heavy (non-hydrogen) atoms. The third-order valence-corrected chi connectivity index (χ3v) is 6.79. The Morgan fingerprint density at radius 3 is 2.34 bits per heavy atom. The van der Waals surface area contributed by atoms with Crippen LogP contribution in [0.3, 0.4) is 0 Å². The van der Waals surface area contributed by atoms with Gasteiger partial charge in [0.25, 0.3) is 0 Å². The van der Waals surface area contributed by atoms with Gasteiger partial charge in [0.2, 0.25) is 5.91 Å². The van der Waals surface area contributed by atoms with Crippen molar-refractivity contribution in [2.75, 3.05) is 6.61 Å². The van der Waals surface area contributed by atoms with Crippen molar-refractivity contribution in [2.24, 2.45) is 5.92 Å². The number of carboxylic acid groups (broad SMARTS) is 1. The quantitative estimate of drug-likeness (QED) is 0.501. The molecule has 3 unspecified atom stereocenters. The number of carbonyl (C=O) groups excluding carboxylic acids is 2. The summed E-state index contributed by atoms with van der Waals surface area (Å²) < 4.78 is 5.59. The van der Waals surface area contributed by atoms with Gasteiger partial charge in [0.15, 0.2) is 0 Å². The maximum absolute atomic E-state index is 12.9. The van der Waals surface area contributed by atoms with Crippen molar-refractivity contribution in [3.8, 4) is 23.0 Å². The fourth-order valence-corrected chi connectivity index (χ4v) is 5.14. The van der Waals surface area contributed by atoms with Crippen LogP contribution in [0.5, 0.6) is 0 Å². The van der Waals surface area contributed by atoms with Gasteiger partial charge in [0, 0.05) is 24.8 Å². The molecule has 4 rings (SSSR count). The fourth-order valence-electron chi connectivity index (χ4n) is 5.14. The summed E-state index contributed by atoms with van der Waals surface area (Å²) in [5.41, 5.74) is 4.52. The molecule has 0 bridgehead atoms. The molecule has 0 spiro atoms. The molecule has 1 fully saturated rings. The van der Waals surface area contributed by atoms with Crippen LogP contribution in [0.15, 0.2) is 48.5 Å². The molecule has 0 aromatic heterocycles. The minimum Gasteiger partial charge on any atom is -0.481 e. The number of rotatable bonds is 8. The van der Waals surface area contributed by atoms with E-state index in [-0.39, 0.29) is 43.2 Å². The van der Waals surface area contributed by atoms with E-state index in [9.17, 15) is 14.4 Å². The Hall–Kier alpha value is -3.79. The monoisotopic (exact) mass is 474 g/mol. The van der Waals surface area contributed by atoms with Gasteiger partial charge in [-0.05, 0) is 54.4 Å². The summed E-state index contributed by atoms with van der Waals surface area (Å²) in [5, 5.41) is 14.6. The number of fused-ring (bicyclic) bond motifs is 3. The van der Waals surface area contributed by atoms with Crippen LogP contribution in [0.2, 0.25) is 0 Å². The van der Waals surface area contributed by atoms with E-state index in [4.69, 9.17) is 9.84 Å². The Kier molecular flexibility index (Phi) is 7.71. The van der Waals surface area contributed by atoms with Gasteiger partial charge in [-0.3, -0.25) is 9.59 Å². The van der Waals surface area contributed by atoms with Crippen molar-refractivity contribution in [3.63, 3.8) is 0 Å². The molecule has 2 aliphatic rings. The smallest absolute Gasteiger partial charge is 0.407 e. The van der Waals surface area contributed by atoms with Crippen molar-refractivity contribution in [3.05, 3.63) is 59.7 Å². The van der Waals surface area contributed by atoms with E-state index in [0.29, 0.717) is 6.42 Å². The number of hydrogen-bond acceptors (Lipinski definition) is 4. The molecule has 0 aliphatic heterocycles. The Morgan fingerprint density at radius 2 is 1.71 bits per heavy atom. The first-order chi connectivity index (χ1) is 17.0. The zero-order chi connectivity index (χ0) is 24.8. The average molecular weight is 475 g/mol. The summed E-state index contributed by atoms with van der Waals surface area (Å²) in [6.45, 7) is 1.84. The highest BCUT2D eigenvalue weighted by molar-refractivity contribution is 5.86. The predicted molar refractivity (Wildman–Crippen MR) is 132 cm³/mol. The van der Waals surface area contributed by atoms with Crippen molar-refractivity contribution in [2.45, 2.75) is 57.0 Å². The van der Waals surface area contributed by atoms with Crippen molar-refractivity contribution in [1.29, 1.82) is 0 Å². The van der Waals surface area contributed by atoms with Crippen LogP contribution in [0, 0.1) is 17.8 Å². The summed E-state index contributed by atoms with van der Waals surface area (Å²) in [7, 11) is 0. The topological polar surface area (TPSA) is 105 Å². The largest absolute Gasteiger partial charge is 0.481 e. The molecule has 1 saturated carbocycles. The van der Waals surface area contributed by atoms with E-state index in [1.165, 1.54) is 0 Å². The molecular formula is C28H30N2O5. The van der Waals surface area contributed by atoms with E-state index in [2.05, 4.69) is 34.6 Å². The van der Waals surface area contributed by atoms with E-state index >= 15 is 0 Å². The molecule has 182 valence electrons. The van der Waals surface area contributed by atoms with Gasteiger partial charge in [-0.1, -0.05) is 48.5 Å². The lowest BCUT2D eigenvalue weighted by Gasteiger charge is -2.20. The van der Waals surface area contributed by atoms with Gasteiger partial charge < -0.3 is 20.5 Å². The highest BCUT2D eigenvalue weighted by Crippen LogP contribution is 2.44. The van der Waals surface area contributed by atoms with E-state index in [1.54, 1.807) is 6.92 Å². The van der Waals surface area contributed by atoms with E-state index in [1.807, 2.05) is 36.4 Å². The number of carbonyl (C=O) groups is 3. The molecule has 0 heterocycles. The second-order valence-corrected chi connectivity index (χ2v) is 9.14. The fraction of sp³-hybridized carbons (Fsp3) is 0.393. The number of benzene rings is 2. The van der Waals surface area contributed by atoms with Crippen molar-refractivity contribution < 1.29 is 24.2 Å². The second kappa shape index (κ2) is 11.1. The van der Waals surface area contributed by atoms with Crippen molar-refractivity contribution in [1.82, 2.24) is 10.6 Å². The first-order valence-electron chi connectivity index (χ1n) is 12.0. The Morgan fingerprint density at radius 1 is 1.06 bits per heavy atom. The first kappa shape index (κ1) is 24.3. The highest BCUT2D eigenvalue weighted by atomic mass is 16.5. The molecule has 7 heteroatoms. The molecule has 2 aliphatic carbocycles. The van der Waals surface area contributed by atoms with Crippen LogP contribution in [0.4, 0.5) is 4.79 Å². The standard InChI is InChI=1S/C28H30N2O5/c1-2-3-12-25(27(33)29-19-14-13-18(15-19)16-26(31)32)30-28(34)35-17-24-22-10-6-4-8-20(22)21-9-5-7-11-23(21)24/h4-11,18-19,24-25H,12-17H2,1H3,(H,29,33)(H,30,34)(H,31,32). The van der Waals surface area contributed by atoms with Crippen LogP contribution in [-0.4, -0.2) is 41.8 Å². The maximum atomic E-state index is 12.9. The number of nitrogens with one attached hydrogen (secondary N) is 2. The summed E-state index contributed by atoms with van der Waals surface area (Å²) in [6.07, 6.45) is 1.71. The van der Waals surface area contributed by atoms with Crippen LogP contribution in [0.25, 0.3) is 11.1 Å². The zero-order valence-electron chi connectivity index (χ0n) is 19.8. The molecule has 3 N–H and O–H groups in total. The minimum absolute atomic E-state index is 0.0572. The van der Waals surface area contributed by atoms with Gasteiger partial charge in [0.05, 0.1) is 0 Å². The molecular weight excluding hydrogens is 444 g/mol. The number of aliphatic carboxylic acids is 1. The third kappa shape index (κ3) is 5.83. The molecule has 2 aromatic carbocycles. The lowest BCUT2D eigenvalue weighted by molar-refractivity contribution is -0.138. The predicted octanol–water partition coefficient (Wildman–Crippen LogP) is 4.07. The van der Waals surface area contributed by atoms with Crippen LogP contribution in [-0.2, 0) is 14.3 Å². The Bertz CT molecular complexity index is 1120. The van der Waals surface area contributed by atoms with E-state index in [0.717, 1.165) is 35.1 Å². The normalized spacial score (nSPS) is 19.0. The van der Waals surface area contributed by atoms with Crippen LogP contribution in [0.1, 0.15) is 56.1 Å². The third-order valence-electron chi connectivity index (χ3n) is 6.79. The number of hydrogen-bond donors (Lipinski definition) is 3. The Balaban J connectivity index is 1.35. The Labute approximate surface area is 205 Å². The SMILES string of the molecule is CC#CCC(NC(=O)OCC1c2ccccc2-c2ccccc21)C(=O)NC1CCC(CC(=O)O)C1. The van der Waals surface area contributed by atoms with Gasteiger partial charge in [-0.15, -0.1) is 11.8 Å². The molecule has 2 aromatic rings. The minimum atomic E-state index is -0.850. The summed E-state index contributed by atoms with van der Waals surface area (Å²) in [5.74, 6) is 4.45. The van der Waals surface area contributed by atoms with Crippen LogP contribution < -0.4 is 10.6 Å². The molecule has 0 saturated heterocycles. The van der Waals surface area contributed by atoms with Crippen LogP contribution >= 0.6 is 0 Å². The zero-order valence-corrected chi connectivity index (χ0v) is 19.8. The average Bonchev–Trinajstić information content (AvgIpc) is 3.41. The van der Waals surface area contributed by atoms with E-state index < -0.39 is 18.1 Å². The lowest BCUT2D eigenvalue weighted by atomic mass is 9.98. The van der Waals surface area contributed by atoms with Gasteiger partial charge in [-0.2, -0.15) is 0 Å². The molecule has 7 nitrogen and oxygen atoms in total. The summed E-state index contributed by atoms with van der Waals surface area (Å²) >= 11 is 0. The molecule has 3 atom stereocenters. The maximum Gasteiger partial charge on any atom is 0.407 e. The highest BCUT2D eigenvalue weighted by Gasteiger charge is 2.31. The summed E-state index contributed by atoms with van der Waals surface area (Å²) in [6, 6.07) is 15.2. The molecule has 0 radical (unpaired) electrons. The lowest BCUT2D eigenvalue weighted by Crippen LogP contribution is -2.49. The number of amides is 2. The number of alkyl carbamates (subject to hydrolysis) is 1. The number of ether oxygens (including phenoxy) is 1. The number of carboxylic acids is 1. The van der Waals surface area contributed by atoms with Gasteiger partial charge >= 0.3 is 12.1 Å². The van der Waals surface area contributed by atoms with Gasteiger partial charge in [0.1, 0.15) is 12.6 Å². The second-order valence-electron chi connectivity index (χ2n) is 9.14. The van der Waals surface area contributed by atoms with Crippen molar-refractivity contribution >= 4 is 18.0 Å². The molecule has 2 amide bonds.